The molecule has 3 N–H and O–H groups in total. The number of amides is 1. The fourth-order valence-electron chi connectivity index (χ4n) is 9.53. The zero-order valence-electron chi connectivity index (χ0n) is 22.0. The molecule has 4 fully saturated rings. The van der Waals surface area contributed by atoms with Crippen LogP contribution in [0.25, 0.3) is 0 Å². The van der Waals surface area contributed by atoms with Crippen molar-refractivity contribution in [3.05, 3.63) is 0 Å². The number of aliphatic hydroxyl groups is 1. The summed E-state index contributed by atoms with van der Waals surface area (Å²) in [4.78, 5) is 34.5. The van der Waals surface area contributed by atoms with E-state index in [1.807, 2.05) is 0 Å². The van der Waals surface area contributed by atoms with Gasteiger partial charge in [0.15, 0.2) is 0 Å². The van der Waals surface area contributed by atoms with Crippen molar-refractivity contribution >= 4 is 18.2 Å². The Morgan fingerprint density at radius 2 is 1.71 bits per heavy atom. The third-order valence-electron chi connectivity index (χ3n) is 11.4. The lowest BCUT2D eigenvalue weighted by Crippen LogP contribution is -2.54. The van der Waals surface area contributed by atoms with E-state index in [9.17, 15) is 24.6 Å². The number of hydrogen-bond acceptors (Lipinski definition) is 4. The Hall–Kier alpha value is -1.43. The van der Waals surface area contributed by atoms with Gasteiger partial charge in [0.05, 0.1) is 6.10 Å². The van der Waals surface area contributed by atoms with Crippen molar-refractivity contribution in [1.29, 1.82) is 0 Å². The highest BCUT2D eigenvalue weighted by molar-refractivity contribution is 5.83. The van der Waals surface area contributed by atoms with Crippen LogP contribution in [0.4, 0.5) is 0 Å². The second kappa shape index (κ2) is 10.5. The quantitative estimate of drug-likeness (QED) is 0.397. The number of aliphatic carboxylic acids is 1. The van der Waals surface area contributed by atoms with Gasteiger partial charge < -0.3 is 20.3 Å². The number of hydrogen-bond donors (Lipinski definition) is 3. The van der Waals surface area contributed by atoms with Crippen LogP contribution in [0, 0.1) is 46.3 Å². The third-order valence-corrected chi connectivity index (χ3v) is 11.4. The van der Waals surface area contributed by atoms with Gasteiger partial charge >= 0.3 is 5.97 Å². The predicted molar refractivity (Wildman–Crippen MR) is 134 cm³/mol. The van der Waals surface area contributed by atoms with Crippen molar-refractivity contribution < 1.29 is 24.6 Å². The molecule has 0 heterocycles. The van der Waals surface area contributed by atoms with Crippen molar-refractivity contribution in [3.63, 3.8) is 0 Å². The summed E-state index contributed by atoms with van der Waals surface area (Å²) in [6.45, 7) is 7.36. The molecule has 0 aromatic carbocycles. The van der Waals surface area contributed by atoms with Gasteiger partial charge in [0.2, 0.25) is 5.91 Å². The molecule has 0 aromatic heterocycles. The van der Waals surface area contributed by atoms with Gasteiger partial charge in [-0.2, -0.15) is 0 Å². The normalized spacial score (nSPS) is 42.2. The smallest absolute Gasteiger partial charge is 0.326 e. The second-order valence-electron chi connectivity index (χ2n) is 13.0. The van der Waals surface area contributed by atoms with Gasteiger partial charge in [0.25, 0.3) is 0 Å². The topological polar surface area (TPSA) is 104 Å². The number of carboxylic acid groups (broad SMARTS) is 1. The molecule has 0 unspecified atom stereocenters. The molecule has 4 rings (SSSR count). The Bertz CT molecular complexity index is 800. The van der Waals surface area contributed by atoms with Gasteiger partial charge in [-0.1, -0.05) is 20.8 Å². The maximum atomic E-state index is 12.5. The molecule has 6 nitrogen and oxygen atoms in total. The lowest BCUT2D eigenvalue weighted by atomic mass is 9.44. The SMILES string of the molecule is C[C@H](CCC(=O)N[C@@H](CCC=O)C(=O)O)[C@H]1CC[C@H]2[C@@H]3CC[C@@H]4C[C@H](O)CC[C@]4(C)[C@H]3CC[C@]12C. The highest BCUT2D eigenvalue weighted by atomic mass is 16.4. The van der Waals surface area contributed by atoms with E-state index in [1.54, 1.807) is 0 Å². The Morgan fingerprint density at radius 1 is 1.00 bits per heavy atom. The summed E-state index contributed by atoms with van der Waals surface area (Å²) in [6, 6.07) is -0.982. The van der Waals surface area contributed by atoms with Crippen LogP contribution in [0.5, 0.6) is 0 Å². The van der Waals surface area contributed by atoms with Crippen LogP contribution in [0.3, 0.4) is 0 Å². The number of aliphatic hydroxyl groups excluding tert-OH is 1. The summed E-state index contributed by atoms with van der Waals surface area (Å²) in [7, 11) is 0. The average molecular weight is 490 g/mol. The Labute approximate surface area is 211 Å². The molecule has 198 valence electrons. The molecule has 10 atom stereocenters. The monoisotopic (exact) mass is 489 g/mol. The van der Waals surface area contributed by atoms with Crippen LogP contribution in [-0.4, -0.2) is 40.5 Å². The van der Waals surface area contributed by atoms with Gasteiger partial charge in [-0.15, -0.1) is 0 Å². The van der Waals surface area contributed by atoms with E-state index < -0.39 is 12.0 Å². The van der Waals surface area contributed by atoms with E-state index in [1.165, 1.54) is 44.9 Å². The molecule has 0 saturated heterocycles. The van der Waals surface area contributed by atoms with E-state index in [2.05, 4.69) is 26.1 Å². The van der Waals surface area contributed by atoms with E-state index in [0.717, 1.165) is 37.0 Å². The minimum absolute atomic E-state index is 0.0943. The van der Waals surface area contributed by atoms with Gasteiger partial charge in [-0.3, -0.25) is 4.79 Å². The number of aldehydes is 1. The molecular weight excluding hydrogens is 442 g/mol. The van der Waals surface area contributed by atoms with Crippen molar-refractivity contribution in [3.8, 4) is 0 Å². The largest absolute Gasteiger partial charge is 0.480 e. The molecule has 4 aliphatic rings. The molecule has 4 saturated carbocycles. The van der Waals surface area contributed by atoms with Crippen LogP contribution in [0.15, 0.2) is 0 Å². The summed E-state index contributed by atoms with van der Waals surface area (Å²) < 4.78 is 0. The van der Waals surface area contributed by atoms with Gasteiger partial charge in [0, 0.05) is 12.8 Å². The molecule has 0 aromatic rings. The van der Waals surface area contributed by atoms with Crippen molar-refractivity contribution in [2.75, 3.05) is 0 Å². The van der Waals surface area contributed by atoms with Gasteiger partial charge in [-0.25, -0.2) is 4.79 Å². The summed E-state index contributed by atoms with van der Waals surface area (Å²) in [5.74, 6) is 2.81. The second-order valence-corrected chi connectivity index (χ2v) is 13.0. The molecule has 35 heavy (non-hydrogen) atoms. The first kappa shape index (κ1) is 26.6. The number of carbonyl (C=O) groups is 3. The highest BCUT2D eigenvalue weighted by Crippen LogP contribution is 2.68. The molecule has 1 amide bonds. The Morgan fingerprint density at radius 3 is 2.43 bits per heavy atom. The first-order chi connectivity index (χ1) is 16.6. The minimum atomic E-state index is -1.08. The highest BCUT2D eigenvalue weighted by Gasteiger charge is 2.60. The molecule has 0 bridgehead atoms. The molecule has 0 radical (unpaired) electrons. The number of carboxylic acids is 1. The van der Waals surface area contributed by atoms with Gasteiger partial charge in [-0.05, 0) is 117 Å². The summed E-state index contributed by atoms with van der Waals surface area (Å²) in [6.07, 6.45) is 12.9. The fourth-order valence-corrected chi connectivity index (χ4v) is 9.53. The standard InChI is InChI=1S/C29H47NO5/c1-18(6-11-26(33)30-25(27(34)35)5-4-16-31)22-9-10-23-21-8-7-19-17-20(32)12-14-28(19,2)24(21)13-15-29(22,23)3/h16,18-25,32H,4-15,17H2,1-3H3,(H,30,33)(H,34,35)/t18-,19-,20-,21+,22-,23+,24+,25+,28+,29-/m1/s1. The number of rotatable bonds is 9. The molecular formula is C29H47NO5. The number of nitrogens with one attached hydrogen (secondary N) is 1. The zero-order chi connectivity index (χ0) is 25.4. The van der Waals surface area contributed by atoms with Crippen molar-refractivity contribution in [2.45, 2.75) is 116 Å². The zero-order valence-corrected chi connectivity index (χ0v) is 22.0. The Kier molecular flexibility index (Phi) is 8.00. The Balaban J connectivity index is 1.36. The van der Waals surface area contributed by atoms with E-state index in [4.69, 9.17) is 0 Å². The fraction of sp³-hybridized carbons (Fsp3) is 0.897. The van der Waals surface area contributed by atoms with Crippen LogP contribution in [0.1, 0.15) is 104 Å². The maximum Gasteiger partial charge on any atom is 0.326 e. The average Bonchev–Trinajstić information content (AvgIpc) is 3.17. The van der Waals surface area contributed by atoms with Crippen molar-refractivity contribution in [2.24, 2.45) is 46.3 Å². The lowest BCUT2D eigenvalue weighted by molar-refractivity contribution is -0.142. The van der Waals surface area contributed by atoms with Crippen LogP contribution in [0.2, 0.25) is 0 Å². The van der Waals surface area contributed by atoms with E-state index >= 15 is 0 Å². The van der Waals surface area contributed by atoms with Crippen molar-refractivity contribution in [1.82, 2.24) is 5.32 Å². The van der Waals surface area contributed by atoms with Crippen LogP contribution >= 0.6 is 0 Å². The van der Waals surface area contributed by atoms with Crippen LogP contribution in [-0.2, 0) is 14.4 Å². The minimum Gasteiger partial charge on any atom is -0.480 e. The first-order valence-electron chi connectivity index (χ1n) is 14.2. The molecule has 6 heteroatoms. The number of fused-ring (bicyclic) bond motifs is 5. The van der Waals surface area contributed by atoms with Crippen LogP contribution < -0.4 is 5.32 Å². The summed E-state index contributed by atoms with van der Waals surface area (Å²) >= 11 is 0. The van der Waals surface area contributed by atoms with E-state index in [0.29, 0.717) is 41.3 Å². The summed E-state index contributed by atoms with van der Waals surface area (Å²) in [5, 5.41) is 22.2. The maximum absolute atomic E-state index is 12.5. The first-order valence-corrected chi connectivity index (χ1v) is 14.2. The molecule has 0 spiro atoms. The molecule has 0 aliphatic heterocycles. The third kappa shape index (κ3) is 5.06. The lowest BCUT2D eigenvalue weighted by Gasteiger charge is -2.61. The van der Waals surface area contributed by atoms with E-state index in [-0.39, 0.29) is 24.9 Å². The van der Waals surface area contributed by atoms with Gasteiger partial charge in [0.1, 0.15) is 12.3 Å². The summed E-state index contributed by atoms with van der Waals surface area (Å²) in [5.41, 5.74) is 0.734. The predicted octanol–water partition coefficient (Wildman–Crippen LogP) is 4.97. The number of carbonyl (C=O) groups excluding carboxylic acids is 2. The molecule has 4 aliphatic carbocycles.